The third-order valence-electron chi connectivity index (χ3n) is 3.12. The largest absolute Gasteiger partial charge is 0.481 e. The highest BCUT2D eigenvalue weighted by molar-refractivity contribution is 6.02. The first-order valence-corrected chi connectivity index (χ1v) is 5.71. The molecule has 0 aromatic carbocycles. The first-order valence-electron chi connectivity index (χ1n) is 5.71. The fraction of sp³-hybridized carbons (Fsp3) is 0.727. The molecule has 2 amide bonds. The van der Waals surface area contributed by atoms with E-state index < -0.39 is 18.2 Å². The summed E-state index contributed by atoms with van der Waals surface area (Å²) < 4.78 is 5.26. The Balaban J connectivity index is 2.02. The zero-order valence-corrected chi connectivity index (χ0v) is 9.59. The highest BCUT2D eigenvalue weighted by Crippen LogP contribution is 2.28. The average Bonchev–Trinajstić information content (AvgIpc) is 2.67. The molecule has 0 aromatic heterocycles. The lowest BCUT2D eigenvalue weighted by atomic mass is 10.1. The number of ether oxygens (including phenoxy) is 1. The van der Waals surface area contributed by atoms with Crippen molar-refractivity contribution in [3.05, 3.63) is 0 Å². The lowest BCUT2D eigenvalue weighted by Gasteiger charge is -2.31. The van der Waals surface area contributed by atoms with E-state index in [2.05, 4.69) is 0 Å². The number of amides is 2. The lowest BCUT2D eigenvalue weighted by Crippen LogP contribution is -2.53. The van der Waals surface area contributed by atoms with Crippen molar-refractivity contribution >= 4 is 17.8 Å². The molecule has 0 aromatic rings. The summed E-state index contributed by atoms with van der Waals surface area (Å²) in [6.45, 7) is 1.88. The Kier molecular flexibility index (Phi) is 3.15. The van der Waals surface area contributed by atoms with Crippen molar-refractivity contribution < 1.29 is 24.2 Å². The number of likely N-dealkylation sites (tertiary alicyclic amines) is 1. The standard InChI is InChI=1S/C11H15NO5/c1-6(4-9(13)14)5-12-10(15)7-2-3-8(17-7)11(12)16/h6-8H,2-5H2,1H3,(H,13,14). The molecule has 0 radical (unpaired) electrons. The molecule has 2 fully saturated rings. The molecule has 0 aliphatic carbocycles. The quantitative estimate of drug-likeness (QED) is 0.701. The van der Waals surface area contributed by atoms with Gasteiger partial charge in [0.15, 0.2) is 0 Å². The molecule has 0 saturated carbocycles. The third kappa shape index (κ3) is 2.31. The maximum absolute atomic E-state index is 11.8. The van der Waals surface area contributed by atoms with Crippen molar-refractivity contribution in [2.45, 2.75) is 38.4 Å². The Morgan fingerprint density at radius 1 is 1.41 bits per heavy atom. The van der Waals surface area contributed by atoms with Crippen LogP contribution in [-0.4, -0.2) is 46.5 Å². The summed E-state index contributed by atoms with van der Waals surface area (Å²) in [6, 6.07) is 0. The van der Waals surface area contributed by atoms with Crippen molar-refractivity contribution in [3.8, 4) is 0 Å². The highest BCUT2D eigenvalue weighted by Gasteiger charge is 2.46. The van der Waals surface area contributed by atoms with Crippen LogP contribution in [0, 0.1) is 5.92 Å². The number of hydrogen-bond donors (Lipinski definition) is 1. The Labute approximate surface area is 98.5 Å². The number of carboxylic acids is 1. The summed E-state index contributed by atoms with van der Waals surface area (Å²) in [4.78, 5) is 35.4. The number of aliphatic carboxylic acids is 1. The second-order valence-electron chi connectivity index (χ2n) is 4.68. The van der Waals surface area contributed by atoms with Gasteiger partial charge in [0, 0.05) is 13.0 Å². The number of imide groups is 1. The van der Waals surface area contributed by atoms with Gasteiger partial charge in [-0.25, -0.2) is 0 Å². The topological polar surface area (TPSA) is 83.9 Å². The third-order valence-corrected chi connectivity index (χ3v) is 3.12. The van der Waals surface area contributed by atoms with Gasteiger partial charge in [-0.05, 0) is 18.8 Å². The minimum atomic E-state index is -0.923. The molecule has 3 atom stereocenters. The number of carbonyl (C=O) groups excluding carboxylic acids is 2. The van der Waals surface area contributed by atoms with E-state index in [9.17, 15) is 14.4 Å². The van der Waals surface area contributed by atoms with Gasteiger partial charge in [0.1, 0.15) is 12.2 Å². The van der Waals surface area contributed by atoms with Crippen LogP contribution in [0.4, 0.5) is 0 Å². The summed E-state index contributed by atoms with van der Waals surface area (Å²) in [5.41, 5.74) is 0. The molecular formula is C11H15NO5. The summed E-state index contributed by atoms with van der Waals surface area (Å²) in [7, 11) is 0. The number of fused-ring (bicyclic) bond motifs is 2. The Morgan fingerprint density at radius 3 is 2.41 bits per heavy atom. The monoisotopic (exact) mass is 241 g/mol. The number of hydrogen-bond acceptors (Lipinski definition) is 4. The normalized spacial score (nSPS) is 29.6. The van der Waals surface area contributed by atoms with E-state index in [1.54, 1.807) is 6.92 Å². The van der Waals surface area contributed by atoms with E-state index in [0.717, 1.165) is 0 Å². The zero-order chi connectivity index (χ0) is 12.6. The van der Waals surface area contributed by atoms with Crippen LogP contribution in [-0.2, 0) is 19.1 Å². The molecule has 2 heterocycles. The smallest absolute Gasteiger partial charge is 0.303 e. The first-order chi connectivity index (χ1) is 7.99. The van der Waals surface area contributed by atoms with Gasteiger partial charge in [-0.15, -0.1) is 0 Å². The van der Waals surface area contributed by atoms with Crippen LogP contribution in [0.25, 0.3) is 0 Å². The van der Waals surface area contributed by atoms with Gasteiger partial charge in [0.05, 0.1) is 0 Å². The fourth-order valence-corrected chi connectivity index (χ4v) is 2.31. The van der Waals surface area contributed by atoms with Gasteiger partial charge in [0.25, 0.3) is 11.8 Å². The molecule has 3 unspecified atom stereocenters. The zero-order valence-electron chi connectivity index (χ0n) is 9.59. The summed E-state index contributed by atoms with van der Waals surface area (Å²) in [6.07, 6.45) is 0.107. The van der Waals surface area contributed by atoms with Gasteiger partial charge >= 0.3 is 5.97 Å². The molecule has 2 aliphatic heterocycles. The Bertz CT molecular complexity index is 345. The fourth-order valence-electron chi connectivity index (χ4n) is 2.31. The highest BCUT2D eigenvalue weighted by atomic mass is 16.5. The van der Waals surface area contributed by atoms with Crippen LogP contribution in [0.15, 0.2) is 0 Å². The number of rotatable bonds is 4. The molecule has 2 rings (SSSR count). The minimum Gasteiger partial charge on any atom is -0.481 e. The van der Waals surface area contributed by atoms with Crippen LogP contribution >= 0.6 is 0 Å². The second kappa shape index (κ2) is 4.44. The second-order valence-corrected chi connectivity index (χ2v) is 4.68. The van der Waals surface area contributed by atoms with Gasteiger partial charge in [-0.3, -0.25) is 19.3 Å². The molecular weight excluding hydrogens is 226 g/mol. The Morgan fingerprint density at radius 2 is 1.94 bits per heavy atom. The molecule has 2 bridgehead atoms. The van der Waals surface area contributed by atoms with Crippen LogP contribution in [0.1, 0.15) is 26.2 Å². The van der Waals surface area contributed by atoms with Crippen LogP contribution in [0.5, 0.6) is 0 Å². The molecule has 1 N–H and O–H groups in total. The molecule has 6 nitrogen and oxygen atoms in total. The van der Waals surface area contributed by atoms with Crippen molar-refractivity contribution in [2.24, 2.45) is 5.92 Å². The minimum absolute atomic E-state index is 0.0484. The maximum atomic E-state index is 11.8. The van der Waals surface area contributed by atoms with Gasteiger partial charge in [-0.1, -0.05) is 6.92 Å². The molecule has 2 saturated heterocycles. The number of nitrogens with zero attached hydrogens (tertiary/aromatic N) is 1. The predicted molar refractivity (Wildman–Crippen MR) is 56.0 cm³/mol. The van der Waals surface area contributed by atoms with E-state index in [4.69, 9.17) is 9.84 Å². The van der Waals surface area contributed by atoms with E-state index in [1.807, 2.05) is 0 Å². The first kappa shape index (κ1) is 12.0. The summed E-state index contributed by atoms with van der Waals surface area (Å²) in [5.74, 6) is -1.80. The van der Waals surface area contributed by atoms with E-state index in [1.165, 1.54) is 4.90 Å². The van der Waals surface area contributed by atoms with Crippen molar-refractivity contribution in [3.63, 3.8) is 0 Å². The molecule has 2 aliphatic rings. The predicted octanol–water partition coefficient (Wildman–Crippen LogP) is 0.0136. The SMILES string of the molecule is CC(CC(=O)O)CN1C(=O)C2CCC(O2)C1=O. The molecule has 0 spiro atoms. The Hall–Kier alpha value is -1.43. The number of carboxylic acid groups (broad SMARTS) is 1. The van der Waals surface area contributed by atoms with Crippen LogP contribution in [0.2, 0.25) is 0 Å². The van der Waals surface area contributed by atoms with Gasteiger partial charge < -0.3 is 9.84 Å². The van der Waals surface area contributed by atoms with Crippen LogP contribution in [0.3, 0.4) is 0 Å². The maximum Gasteiger partial charge on any atom is 0.303 e. The summed E-state index contributed by atoms with van der Waals surface area (Å²) in [5, 5.41) is 8.65. The lowest BCUT2D eigenvalue weighted by molar-refractivity contribution is -0.169. The van der Waals surface area contributed by atoms with Crippen molar-refractivity contribution in [1.82, 2.24) is 4.90 Å². The number of morpholine rings is 1. The van der Waals surface area contributed by atoms with Gasteiger partial charge in [-0.2, -0.15) is 0 Å². The van der Waals surface area contributed by atoms with Gasteiger partial charge in [0.2, 0.25) is 0 Å². The summed E-state index contributed by atoms with van der Waals surface area (Å²) >= 11 is 0. The van der Waals surface area contributed by atoms with E-state index >= 15 is 0 Å². The molecule has 17 heavy (non-hydrogen) atoms. The van der Waals surface area contributed by atoms with Crippen molar-refractivity contribution in [1.29, 1.82) is 0 Å². The van der Waals surface area contributed by atoms with E-state index in [-0.39, 0.29) is 30.7 Å². The molecule has 94 valence electrons. The van der Waals surface area contributed by atoms with Crippen molar-refractivity contribution in [2.75, 3.05) is 6.54 Å². The van der Waals surface area contributed by atoms with Crippen LogP contribution < -0.4 is 0 Å². The average molecular weight is 241 g/mol. The van der Waals surface area contributed by atoms with E-state index in [0.29, 0.717) is 12.8 Å². The number of carbonyl (C=O) groups is 3. The molecule has 6 heteroatoms.